The normalized spacial score (nSPS) is 11.9. The van der Waals surface area contributed by atoms with Gasteiger partial charge in [-0.3, -0.25) is 4.79 Å². The van der Waals surface area contributed by atoms with E-state index in [0.29, 0.717) is 9.71 Å². The number of hydrogen-bond acceptors (Lipinski definition) is 5. The summed E-state index contributed by atoms with van der Waals surface area (Å²) in [6.45, 7) is 2.04. The first kappa shape index (κ1) is 19.8. The molecule has 0 aliphatic carbocycles. The van der Waals surface area contributed by atoms with Crippen LogP contribution in [0.4, 0.5) is 0 Å². The number of carbonyl (C=O) groups is 1. The summed E-state index contributed by atoms with van der Waals surface area (Å²) in [5.41, 5.74) is 2.23. The number of aromatic nitrogens is 2. The van der Waals surface area contributed by atoms with Crippen LogP contribution in [0.2, 0.25) is 0 Å². The van der Waals surface area contributed by atoms with E-state index >= 15 is 0 Å². The Kier molecular flexibility index (Phi) is 7.20. The van der Waals surface area contributed by atoms with E-state index in [-0.39, 0.29) is 11.9 Å². The van der Waals surface area contributed by atoms with Crippen LogP contribution >= 0.6 is 35.3 Å². The number of amides is 1. The van der Waals surface area contributed by atoms with Gasteiger partial charge >= 0.3 is 0 Å². The van der Waals surface area contributed by atoms with Gasteiger partial charge < -0.3 is 5.32 Å². The summed E-state index contributed by atoms with van der Waals surface area (Å²) in [4.78, 5) is 12.2. The zero-order chi connectivity index (χ0) is 19.1. The molecule has 1 heterocycles. The molecule has 7 heteroatoms. The molecule has 1 amide bonds. The van der Waals surface area contributed by atoms with E-state index in [4.69, 9.17) is 12.2 Å². The third-order valence-electron chi connectivity index (χ3n) is 3.97. The summed E-state index contributed by atoms with van der Waals surface area (Å²) in [6, 6.07) is 20.2. The van der Waals surface area contributed by atoms with Crippen molar-refractivity contribution < 1.29 is 4.79 Å². The molecule has 0 aliphatic rings. The molecule has 1 aromatic heterocycles. The third-order valence-corrected chi connectivity index (χ3v) is 6.34. The van der Waals surface area contributed by atoms with Gasteiger partial charge in [-0.05, 0) is 49.7 Å². The van der Waals surface area contributed by atoms with Crippen LogP contribution in [0.25, 0.3) is 5.69 Å². The fourth-order valence-corrected chi connectivity index (χ4v) is 4.77. The maximum atomic E-state index is 12.2. The smallest absolute Gasteiger partial charge is 0.230 e. The molecule has 4 nitrogen and oxygen atoms in total. The highest BCUT2D eigenvalue weighted by Crippen LogP contribution is 2.23. The largest absolute Gasteiger partial charge is 0.353 e. The molecule has 0 bridgehead atoms. The lowest BCUT2D eigenvalue weighted by Gasteiger charge is -2.13. The number of hydrogen-bond donors (Lipinski definition) is 1. The van der Waals surface area contributed by atoms with Gasteiger partial charge in [0.1, 0.15) is 0 Å². The van der Waals surface area contributed by atoms with E-state index in [9.17, 15) is 4.79 Å². The molecule has 140 valence electrons. The zero-order valence-corrected chi connectivity index (χ0v) is 17.4. The van der Waals surface area contributed by atoms with E-state index in [1.807, 2.05) is 55.5 Å². The van der Waals surface area contributed by atoms with Gasteiger partial charge in [0, 0.05) is 6.04 Å². The predicted octanol–water partition coefficient (Wildman–Crippen LogP) is 4.89. The van der Waals surface area contributed by atoms with Crippen LogP contribution in [0.1, 0.15) is 18.9 Å². The molecule has 0 saturated heterocycles. The number of rotatable bonds is 8. The molecule has 0 saturated carbocycles. The molecule has 2 aromatic carbocycles. The second-order valence-corrected chi connectivity index (χ2v) is 9.01. The molecule has 0 spiro atoms. The van der Waals surface area contributed by atoms with E-state index in [2.05, 4.69) is 22.5 Å². The second kappa shape index (κ2) is 9.82. The number of nitrogens with zero attached hydrogens (tertiary/aromatic N) is 2. The summed E-state index contributed by atoms with van der Waals surface area (Å²) < 4.78 is 3.22. The van der Waals surface area contributed by atoms with Crippen LogP contribution in [0.5, 0.6) is 0 Å². The van der Waals surface area contributed by atoms with Crippen molar-refractivity contribution in [2.45, 2.75) is 30.1 Å². The number of aryl methyl sites for hydroxylation is 1. The number of nitrogens with one attached hydrogen (secondary N) is 1. The molecule has 27 heavy (non-hydrogen) atoms. The van der Waals surface area contributed by atoms with Crippen LogP contribution in [0.3, 0.4) is 0 Å². The van der Waals surface area contributed by atoms with Crippen LogP contribution in [0.15, 0.2) is 65.0 Å². The monoisotopic (exact) mass is 415 g/mol. The molecule has 0 fully saturated rings. The van der Waals surface area contributed by atoms with Crippen molar-refractivity contribution >= 4 is 41.2 Å². The second-order valence-electron chi connectivity index (χ2n) is 6.16. The van der Waals surface area contributed by atoms with Crippen molar-refractivity contribution in [3.8, 4) is 5.69 Å². The van der Waals surface area contributed by atoms with Crippen LogP contribution < -0.4 is 5.32 Å². The lowest BCUT2D eigenvalue weighted by Crippen LogP contribution is -2.34. The summed E-state index contributed by atoms with van der Waals surface area (Å²) >= 11 is 8.24. The molecule has 3 aromatic rings. The van der Waals surface area contributed by atoms with Crippen molar-refractivity contribution in [1.29, 1.82) is 0 Å². The Balaban J connectivity index is 1.47. The number of carbonyl (C=O) groups excluding carboxylic acids is 1. The number of thioether (sulfide) groups is 1. The van der Waals surface area contributed by atoms with Gasteiger partial charge in [-0.25, -0.2) is 4.68 Å². The van der Waals surface area contributed by atoms with E-state index < -0.39 is 0 Å². The summed E-state index contributed by atoms with van der Waals surface area (Å²) in [7, 11) is 0. The summed E-state index contributed by atoms with van der Waals surface area (Å²) in [5.74, 6) is 0.361. The Morgan fingerprint density at radius 3 is 2.56 bits per heavy atom. The molecule has 1 N–H and O–H groups in total. The van der Waals surface area contributed by atoms with Crippen molar-refractivity contribution in [3.05, 3.63) is 70.2 Å². The molecular weight excluding hydrogens is 394 g/mol. The molecule has 0 aliphatic heterocycles. The van der Waals surface area contributed by atoms with Crippen LogP contribution in [-0.2, 0) is 11.2 Å². The predicted molar refractivity (Wildman–Crippen MR) is 115 cm³/mol. The van der Waals surface area contributed by atoms with E-state index in [1.165, 1.54) is 28.7 Å². The maximum absolute atomic E-state index is 12.2. The van der Waals surface area contributed by atoms with Gasteiger partial charge in [0.15, 0.2) is 8.29 Å². The standard InChI is InChI=1S/C20H21N3OS3/c1-15(12-13-16-8-4-2-5-9-16)21-18(24)14-26-19-22-23(20(25)27-19)17-10-6-3-7-11-17/h2-11,15H,12-14H2,1H3,(H,21,24)/t15-/m0/s1. The summed E-state index contributed by atoms with van der Waals surface area (Å²) in [5, 5.41) is 7.58. The minimum absolute atomic E-state index is 0.0212. The Hall–Kier alpha value is -1.96. The molecule has 3 rings (SSSR count). The SMILES string of the molecule is C[C@@H](CCc1ccccc1)NC(=O)CSc1nn(-c2ccccc2)c(=S)s1. The van der Waals surface area contributed by atoms with Gasteiger partial charge in [-0.15, -0.1) is 5.10 Å². The highest BCUT2D eigenvalue weighted by atomic mass is 32.2. The topological polar surface area (TPSA) is 46.9 Å². The van der Waals surface area contributed by atoms with Crippen molar-refractivity contribution in [1.82, 2.24) is 15.1 Å². The first-order valence-electron chi connectivity index (χ1n) is 8.73. The Morgan fingerprint density at radius 1 is 1.19 bits per heavy atom. The van der Waals surface area contributed by atoms with Gasteiger partial charge in [0.25, 0.3) is 0 Å². The van der Waals surface area contributed by atoms with Crippen molar-refractivity contribution in [2.75, 3.05) is 5.75 Å². The zero-order valence-electron chi connectivity index (χ0n) is 15.0. The minimum atomic E-state index is 0.0212. The first-order chi connectivity index (χ1) is 13.1. The Bertz CT molecular complexity index is 922. The van der Waals surface area contributed by atoms with Crippen molar-refractivity contribution in [3.63, 3.8) is 0 Å². The minimum Gasteiger partial charge on any atom is -0.353 e. The van der Waals surface area contributed by atoms with Gasteiger partial charge in [0.2, 0.25) is 5.91 Å². The van der Waals surface area contributed by atoms with E-state index in [1.54, 1.807) is 4.68 Å². The van der Waals surface area contributed by atoms with Crippen LogP contribution in [-0.4, -0.2) is 27.5 Å². The fourth-order valence-electron chi connectivity index (χ4n) is 2.60. The maximum Gasteiger partial charge on any atom is 0.230 e. The van der Waals surface area contributed by atoms with Gasteiger partial charge in [0.05, 0.1) is 11.4 Å². The Labute approximate surface area is 172 Å². The summed E-state index contributed by atoms with van der Waals surface area (Å²) in [6.07, 6.45) is 1.88. The Morgan fingerprint density at radius 2 is 1.85 bits per heavy atom. The van der Waals surface area contributed by atoms with Gasteiger partial charge in [-0.2, -0.15) is 0 Å². The first-order valence-corrected chi connectivity index (χ1v) is 10.9. The highest BCUT2D eigenvalue weighted by Gasteiger charge is 2.11. The molecule has 0 radical (unpaired) electrons. The van der Waals surface area contributed by atoms with Crippen LogP contribution in [0, 0.1) is 3.95 Å². The number of para-hydroxylation sites is 1. The molecule has 1 atom stereocenters. The lowest BCUT2D eigenvalue weighted by molar-refractivity contribution is -0.119. The van der Waals surface area contributed by atoms with Gasteiger partial charge in [-0.1, -0.05) is 71.6 Å². The molecule has 0 unspecified atom stereocenters. The van der Waals surface area contributed by atoms with Crippen molar-refractivity contribution in [2.24, 2.45) is 0 Å². The number of benzene rings is 2. The fraction of sp³-hybridized carbons (Fsp3) is 0.250. The van der Waals surface area contributed by atoms with E-state index in [0.717, 1.165) is 22.9 Å². The quantitative estimate of drug-likeness (QED) is 0.420. The lowest BCUT2D eigenvalue weighted by atomic mass is 10.1. The average Bonchev–Trinajstić information content (AvgIpc) is 3.07. The highest BCUT2D eigenvalue weighted by molar-refractivity contribution is 8.01. The third kappa shape index (κ3) is 6.02. The molecular formula is C20H21N3OS3. The average molecular weight is 416 g/mol.